The van der Waals surface area contributed by atoms with Crippen molar-refractivity contribution in [2.24, 2.45) is 5.92 Å². The Hall–Kier alpha value is -1.75. The fourth-order valence-electron chi connectivity index (χ4n) is 2.28. The number of halogens is 1. The van der Waals surface area contributed by atoms with E-state index in [1.807, 2.05) is 0 Å². The number of nitrogens with zero attached hydrogens (tertiary/aromatic N) is 1. The molecule has 0 spiro atoms. The molecule has 5 nitrogen and oxygen atoms in total. The smallest absolute Gasteiger partial charge is 0.321 e. The van der Waals surface area contributed by atoms with E-state index in [9.17, 15) is 9.59 Å². The molecule has 1 unspecified atom stereocenters. The lowest BCUT2D eigenvalue weighted by atomic mass is 9.98. The number of amides is 2. The molecule has 0 aliphatic carbocycles. The lowest BCUT2D eigenvalue weighted by molar-refractivity contribution is -0.146. The second-order valence-corrected chi connectivity index (χ2v) is 5.13. The number of esters is 1. The molecule has 108 valence electrons. The number of anilines is 1. The topological polar surface area (TPSA) is 58.6 Å². The zero-order valence-electron chi connectivity index (χ0n) is 11.3. The molecule has 1 aliphatic heterocycles. The van der Waals surface area contributed by atoms with E-state index in [4.69, 9.17) is 16.3 Å². The predicted molar refractivity (Wildman–Crippen MR) is 76.8 cm³/mol. The van der Waals surface area contributed by atoms with Crippen molar-refractivity contribution in [3.8, 4) is 0 Å². The number of methoxy groups -OCH3 is 1. The van der Waals surface area contributed by atoms with Crippen LogP contribution in [-0.2, 0) is 9.53 Å². The molecule has 0 aromatic heterocycles. The maximum Gasteiger partial charge on any atom is 0.321 e. The molecule has 2 rings (SSSR count). The van der Waals surface area contributed by atoms with Crippen molar-refractivity contribution in [3.05, 3.63) is 29.3 Å². The molecular formula is C14H17ClN2O3. The summed E-state index contributed by atoms with van der Waals surface area (Å²) in [7, 11) is 1.37. The molecule has 1 heterocycles. The van der Waals surface area contributed by atoms with E-state index in [1.54, 1.807) is 29.2 Å². The summed E-state index contributed by atoms with van der Waals surface area (Å²) < 4.78 is 4.74. The highest BCUT2D eigenvalue weighted by Crippen LogP contribution is 2.22. The Labute approximate surface area is 122 Å². The van der Waals surface area contributed by atoms with Crippen LogP contribution < -0.4 is 5.32 Å². The van der Waals surface area contributed by atoms with E-state index in [0.717, 1.165) is 12.8 Å². The van der Waals surface area contributed by atoms with Gasteiger partial charge >= 0.3 is 12.0 Å². The van der Waals surface area contributed by atoms with E-state index < -0.39 is 0 Å². The molecule has 0 bridgehead atoms. The minimum Gasteiger partial charge on any atom is -0.469 e. The summed E-state index contributed by atoms with van der Waals surface area (Å²) in [5.74, 6) is -0.508. The van der Waals surface area contributed by atoms with Crippen molar-refractivity contribution >= 4 is 29.3 Å². The van der Waals surface area contributed by atoms with Crippen LogP contribution in [0.2, 0.25) is 5.02 Å². The van der Waals surface area contributed by atoms with Gasteiger partial charge in [0, 0.05) is 13.1 Å². The summed E-state index contributed by atoms with van der Waals surface area (Å²) in [6, 6.07) is 6.81. The molecule has 0 radical (unpaired) electrons. The van der Waals surface area contributed by atoms with Gasteiger partial charge in [-0.1, -0.05) is 23.7 Å². The molecule has 1 aliphatic rings. The predicted octanol–water partition coefficient (Wildman–Crippen LogP) is 2.76. The first-order chi connectivity index (χ1) is 9.61. The zero-order valence-corrected chi connectivity index (χ0v) is 12.0. The van der Waals surface area contributed by atoms with Crippen LogP contribution in [-0.4, -0.2) is 37.1 Å². The van der Waals surface area contributed by atoms with Gasteiger partial charge in [0.1, 0.15) is 0 Å². The number of carbonyl (C=O) groups excluding carboxylic acids is 2. The third-order valence-corrected chi connectivity index (χ3v) is 3.69. The number of para-hydroxylation sites is 1. The molecule has 1 atom stereocenters. The molecule has 1 N–H and O–H groups in total. The van der Waals surface area contributed by atoms with Gasteiger partial charge in [-0.25, -0.2) is 4.79 Å². The number of carbonyl (C=O) groups is 2. The van der Waals surface area contributed by atoms with Crippen LogP contribution in [0, 0.1) is 5.92 Å². The van der Waals surface area contributed by atoms with Crippen LogP contribution in [0.4, 0.5) is 10.5 Å². The fraction of sp³-hybridized carbons (Fsp3) is 0.429. The van der Waals surface area contributed by atoms with Crippen LogP contribution in [0.15, 0.2) is 24.3 Å². The van der Waals surface area contributed by atoms with Crippen molar-refractivity contribution < 1.29 is 14.3 Å². The zero-order chi connectivity index (χ0) is 14.5. The van der Waals surface area contributed by atoms with Crippen LogP contribution in [0.5, 0.6) is 0 Å². The van der Waals surface area contributed by atoms with E-state index >= 15 is 0 Å². The van der Waals surface area contributed by atoms with Gasteiger partial charge in [0.05, 0.1) is 23.7 Å². The Balaban J connectivity index is 1.99. The van der Waals surface area contributed by atoms with E-state index in [-0.39, 0.29) is 17.9 Å². The summed E-state index contributed by atoms with van der Waals surface area (Å²) in [5.41, 5.74) is 0.569. The van der Waals surface area contributed by atoms with Crippen molar-refractivity contribution in [1.29, 1.82) is 0 Å². The number of nitrogens with one attached hydrogen (secondary N) is 1. The molecular weight excluding hydrogens is 280 g/mol. The highest BCUT2D eigenvalue weighted by molar-refractivity contribution is 6.33. The highest BCUT2D eigenvalue weighted by Gasteiger charge is 2.29. The van der Waals surface area contributed by atoms with E-state index in [2.05, 4.69) is 5.32 Å². The van der Waals surface area contributed by atoms with Crippen molar-refractivity contribution in [2.45, 2.75) is 12.8 Å². The first kappa shape index (κ1) is 14.7. The van der Waals surface area contributed by atoms with Gasteiger partial charge < -0.3 is 15.0 Å². The molecule has 1 aromatic rings. The quantitative estimate of drug-likeness (QED) is 0.854. The van der Waals surface area contributed by atoms with Crippen LogP contribution in [0.1, 0.15) is 12.8 Å². The van der Waals surface area contributed by atoms with Crippen LogP contribution in [0.25, 0.3) is 0 Å². The van der Waals surface area contributed by atoms with Crippen LogP contribution >= 0.6 is 11.6 Å². The van der Waals surface area contributed by atoms with Gasteiger partial charge in [0.15, 0.2) is 0 Å². The molecule has 20 heavy (non-hydrogen) atoms. The third kappa shape index (κ3) is 3.42. The summed E-state index contributed by atoms with van der Waals surface area (Å²) >= 11 is 6.00. The fourth-order valence-corrected chi connectivity index (χ4v) is 2.46. The summed E-state index contributed by atoms with van der Waals surface area (Å²) in [6.07, 6.45) is 1.54. The maximum atomic E-state index is 12.2. The monoisotopic (exact) mass is 296 g/mol. The largest absolute Gasteiger partial charge is 0.469 e. The minimum absolute atomic E-state index is 0.244. The van der Waals surface area contributed by atoms with Crippen molar-refractivity contribution in [2.75, 3.05) is 25.5 Å². The number of ether oxygens (including phenoxy) is 1. The van der Waals surface area contributed by atoms with Gasteiger partial charge in [-0.2, -0.15) is 0 Å². The molecule has 1 fully saturated rings. The van der Waals surface area contributed by atoms with Gasteiger partial charge in [0.25, 0.3) is 0 Å². The minimum atomic E-state index is -0.264. The van der Waals surface area contributed by atoms with E-state index in [0.29, 0.717) is 23.8 Å². The van der Waals surface area contributed by atoms with Gasteiger partial charge in [-0.15, -0.1) is 0 Å². The van der Waals surface area contributed by atoms with Crippen molar-refractivity contribution in [3.63, 3.8) is 0 Å². The third-order valence-electron chi connectivity index (χ3n) is 3.36. The second kappa shape index (κ2) is 6.61. The highest BCUT2D eigenvalue weighted by atomic mass is 35.5. The Morgan fingerprint density at radius 3 is 2.85 bits per heavy atom. The van der Waals surface area contributed by atoms with Crippen LogP contribution in [0.3, 0.4) is 0 Å². The summed E-state index contributed by atoms with van der Waals surface area (Å²) in [4.78, 5) is 25.3. The number of rotatable bonds is 2. The number of urea groups is 1. The first-order valence-electron chi connectivity index (χ1n) is 6.50. The molecule has 0 saturated carbocycles. The van der Waals surface area contributed by atoms with Gasteiger partial charge in [-0.05, 0) is 25.0 Å². The number of hydrogen-bond donors (Lipinski definition) is 1. The number of benzene rings is 1. The molecule has 2 amide bonds. The Morgan fingerprint density at radius 2 is 2.15 bits per heavy atom. The average molecular weight is 297 g/mol. The van der Waals surface area contributed by atoms with Crippen molar-refractivity contribution in [1.82, 2.24) is 4.90 Å². The van der Waals surface area contributed by atoms with Gasteiger partial charge in [-0.3, -0.25) is 4.79 Å². The Kier molecular flexibility index (Phi) is 4.84. The van der Waals surface area contributed by atoms with E-state index in [1.165, 1.54) is 7.11 Å². The van der Waals surface area contributed by atoms with Gasteiger partial charge in [0.2, 0.25) is 0 Å². The normalized spacial score (nSPS) is 18.5. The number of likely N-dealkylation sites (tertiary alicyclic amines) is 1. The number of hydrogen-bond acceptors (Lipinski definition) is 3. The Morgan fingerprint density at radius 1 is 1.40 bits per heavy atom. The number of piperidine rings is 1. The average Bonchev–Trinajstić information content (AvgIpc) is 2.49. The maximum absolute atomic E-state index is 12.2. The SMILES string of the molecule is COC(=O)C1CCCN(C(=O)Nc2ccccc2Cl)C1. The summed E-state index contributed by atoms with van der Waals surface area (Å²) in [5, 5.41) is 3.25. The Bertz CT molecular complexity index is 507. The molecule has 1 saturated heterocycles. The summed E-state index contributed by atoms with van der Waals surface area (Å²) in [6.45, 7) is 1.01. The lowest BCUT2D eigenvalue weighted by Crippen LogP contribution is -2.44. The first-order valence-corrected chi connectivity index (χ1v) is 6.88. The standard InChI is InChI=1S/C14H17ClN2O3/c1-20-13(18)10-5-4-8-17(9-10)14(19)16-12-7-3-2-6-11(12)15/h2-3,6-7,10H,4-5,8-9H2,1H3,(H,16,19). The molecule has 1 aromatic carbocycles. The second-order valence-electron chi connectivity index (χ2n) is 4.72. The molecule has 6 heteroatoms. The lowest BCUT2D eigenvalue weighted by Gasteiger charge is -2.31.